The number of amides is 1. The molecule has 0 atom stereocenters. The Morgan fingerprint density at radius 3 is 2.62 bits per heavy atom. The number of guanidine groups is 1. The molecule has 0 saturated carbocycles. The summed E-state index contributed by atoms with van der Waals surface area (Å²) >= 11 is 0. The van der Waals surface area contributed by atoms with E-state index >= 15 is 0 Å². The number of nitrogens with zero attached hydrogens (tertiary/aromatic N) is 1. The maximum atomic E-state index is 12.0. The third-order valence-electron chi connectivity index (χ3n) is 4.48. The molecule has 0 bridgehead atoms. The molecular formula is C22H32N4O3. The van der Waals surface area contributed by atoms with E-state index in [-0.39, 0.29) is 5.91 Å². The summed E-state index contributed by atoms with van der Waals surface area (Å²) in [7, 11) is 1.69. The molecule has 1 heterocycles. The van der Waals surface area contributed by atoms with Gasteiger partial charge in [-0.25, -0.2) is 0 Å². The molecule has 0 unspecified atom stereocenters. The summed E-state index contributed by atoms with van der Waals surface area (Å²) in [6.07, 6.45) is 3.15. The molecular weight excluding hydrogens is 368 g/mol. The Bertz CT molecular complexity index is 814. The van der Waals surface area contributed by atoms with Gasteiger partial charge in [-0.2, -0.15) is 0 Å². The van der Waals surface area contributed by atoms with E-state index in [1.807, 2.05) is 20.8 Å². The van der Waals surface area contributed by atoms with Crippen LogP contribution in [0, 0.1) is 13.8 Å². The number of ether oxygens (including phenoxy) is 1. The number of carbonyl (C=O) groups is 1. The molecule has 1 aromatic heterocycles. The minimum Gasteiger partial charge on any atom is -0.496 e. The fraction of sp³-hybridized carbons (Fsp3) is 0.455. The summed E-state index contributed by atoms with van der Waals surface area (Å²) < 4.78 is 10.6. The van der Waals surface area contributed by atoms with Gasteiger partial charge in [0.15, 0.2) is 11.7 Å². The molecule has 1 amide bonds. The maximum Gasteiger partial charge on any atom is 0.287 e. The standard InChI is InChI=1S/C22H32N4O3/c1-5-23-22(26-13-9-18-8-7-16(2)19(15-18)28-4)25-12-6-11-24-21(27)20-17(3)10-14-29-20/h7-8,10,14-15H,5-6,9,11-13H2,1-4H3,(H,24,27)(H2,23,25,26). The predicted molar refractivity (Wildman–Crippen MR) is 116 cm³/mol. The van der Waals surface area contributed by atoms with Crippen LogP contribution >= 0.6 is 0 Å². The summed E-state index contributed by atoms with van der Waals surface area (Å²) in [5, 5.41) is 9.45. The van der Waals surface area contributed by atoms with Crippen LogP contribution in [0.15, 0.2) is 39.9 Å². The first kappa shape index (κ1) is 22.3. The zero-order valence-corrected chi connectivity index (χ0v) is 17.8. The van der Waals surface area contributed by atoms with E-state index in [4.69, 9.17) is 9.15 Å². The van der Waals surface area contributed by atoms with Crippen LogP contribution in [0.25, 0.3) is 0 Å². The van der Waals surface area contributed by atoms with E-state index in [1.165, 1.54) is 11.8 Å². The smallest absolute Gasteiger partial charge is 0.287 e. The molecule has 2 rings (SSSR count). The summed E-state index contributed by atoms with van der Waals surface area (Å²) in [5.41, 5.74) is 3.19. The van der Waals surface area contributed by atoms with Crippen molar-refractivity contribution in [3.05, 3.63) is 53.0 Å². The molecule has 0 aliphatic heterocycles. The molecule has 0 aliphatic rings. The van der Waals surface area contributed by atoms with Gasteiger partial charge in [0.1, 0.15) is 5.75 Å². The minimum atomic E-state index is -0.185. The van der Waals surface area contributed by atoms with Crippen molar-refractivity contribution in [2.45, 2.75) is 33.6 Å². The number of aliphatic imine (C=N–C) groups is 1. The largest absolute Gasteiger partial charge is 0.496 e. The number of carbonyl (C=O) groups excluding carboxylic acids is 1. The quantitative estimate of drug-likeness (QED) is 0.324. The monoisotopic (exact) mass is 400 g/mol. The second-order valence-electron chi connectivity index (χ2n) is 6.78. The van der Waals surface area contributed by atoms with Crippen molar-refractivity contribution in [1.29, 1.82) is 0 Å². The Morgan fingerprint density at radius 2 is 1.93 bits per heavy atom. The summed E-state index contributed by atoms with van der Waals surface area (Å²) in [5.74, 6) is 1.88. The SMILES string of the molecule is CCNC(=NCCCNC(=O)c1occc1C)NCCc1ccc(C)c(OC)c1. The van der Waals surface area contributed by atoms with E-state index in [9.17, 15) is 4.79 Å². The molecule has 7 nitrogen and oxygen atoms in total. The van der Waals surface area contributed by atoms with Gasteiger partial charge in [-0.15, -0.1) is 0 Å². The highest BCUT2D eigenvalue weighted by Gasteiger charge is 2.11. The molecule has 3 N–H and O–H groups in total. The van der Waals surface area contributed by atoms with Crippen LogP contribution < -0.4 is 20.7 Å². The van der Waals surface area contributed by atoms with E-state index in [0.717, 1.165) is 48.8 Å². The predicted octanol–water partition coefficient (Wildman–Crippen LogP) is 2.82. The second kappa shape index (κ2) is 11.8. The van der Waals surface area contributed by atoms with Crippen LogP contribution in [-0.4, -0.2) is 45.2 Å². The average Bonchev–Trinajstić information content (AvgIpc) is 3.14. The van der Waals surface area contributed by atoms with Crippen LogP contribution in [0.2, 0.25) is 0 Å². The Morgan fingerprint density at radius 1 is 1.10 bits per heavy atom. The first-order valence-electron chi connectivity index (χ1n) is 10.0. The van der Waals surface area contributed by atoms with Crippen molar-refractivity contribution in [2.75, 3.05) is 33.3 Å². The molecule has 7 heteroatoms. The molecule has 0 radical (unpaired) electrons. The molecule has 1 aromatic carbocycles. The Labute approximate surface area is 172 Å². The van der Waals surface area contributed by atoms with Gasteiger partial charge >= 0.3 is 0 Å². The van der Waals surface area contributed by atoms with Gasteiger partial charge in [-0.1, -0.05) is 12.1 Å². The zero-order valence-electron chi connectivity index (χ0n) is 17.8. The number of benzene rings is 1. The molecule has 0 saturated heterocycles. The molecule has 0 aliphatic carbocycles. The highest BCUT2D eigenvalue weighted by molar-refractivity contribution is 5.92. The number of furan rings is 1. The lowest BCUT2D eigenvalue weighted by atomic mass is 10.1. The Hall–Kier alpha value is -2.96. The van der Waals surface area contributed by atoms with Gasteiger partial charge in [0.05, 0.1) is 13.4 Å². The summed E-state index contributed by atoms with van der Waals surface area (Å²) in [4.78, 5) is 16.6. The maximum absolute atomic E-state index is 12.0. The van der Waals surface area contributed by atoms with E-state index < -0.39 is 0 Å². The minimum absolute atomic E-state index is 0.185. The van der Waals surface area contributed by atoms with Gasteiger partial charge < -0.3 is 25.1 Å². The molecule has 158 valence electrons. The first-order chi connectivity index (χ1) is 14.0. The number of hydrogen-bond donors (Lipinski definition) is 3. The fourth-order valence-corrected chi connectivity index (χ4v) is 2.84. The Kier molecular flexibility index (Phi) is 9.08. The summed E-state index contributed by atoms with van der Waals surface area (Å²) in [6.45, 7) is 8.65. The molecule has 0 fully saturated rings. The van der Waals surface area contributed by atoms with Crippen LogP contribution in [0.5, 0.6) is 5.75 Å². The van der Waals surface area contributed by atoms with Crippen molar-refractivity contribution in [3.63, 3.8) is 0 Å². The van der Waals surface area contributed by atoms with Crippen LogP contribution in [-0.2, 0) is 6.42 Å². The lowest BCUT2D eigenvalue weighted by Crippen LogP contribution is -2.38. The van der Waals surface area contributed by atoms with E-state index in [1.54, 1.807) is 13.2 Å². The average molecular weight is 401 g/mol. The normalized spacial score (nSPS) is 11.2. The van der Waals surface area contributed by atoms with Crippen molar-refractivity contribution in [2.24, 2.45) is 4.99 Å². The van der Waals surface area contributed by atoms with E-state index in [0.29, 0.717) is 18.8 Å². The molecule has 2 aromatic rings. The lowest BCUT2D eigenvalue weighted by Gasteiger charge is -2.12. The van der Waals surface area contributed by atoms with Gasteiger partial charge in [0.25, 0.3) is 5.91 Å². The number of rotatable bonds is 10. The van der Waals surface area contributed by atoms with Crippen LogP contribution in [0.3, 0.4) is 0 Å². The second-order valence-corrected chi connectivity index (χ2v) is 6.78. The number of aryl methyl sites for hydroxylation is 2. The van der Waals surface area contributed by atoms with Gasteiger partial charge in [-0.05, 0) is 56.9 Å². The van der Waals surface area contributed by atoms with Gasteiger partial charge in [0.2, 0.25) is 0 Å². The van der Waals surface area contributed by atoms with E-state index in [2.05, 4.69) is 39.1 Å². The molecule has 0 spiro atoms. The third-order valence-corrected chi connectivity index (χ3v) is 4.48. The van der Waals surface area contributed by atoms with Crippen molar-refractivity contribution < 1.29 is 13.9 Å². The first-order valence-corrected chi connectivity index (χ1v) is 10.0. The van der Waals surface area contributed by atoms with Crippen LogP contribution in [0.1, 0.15) is 40.6 Å². The highest BCUT2D eigenvalue weighted by atomic mass is 16.5. The fourth-order valence-electron chi connectivity index (χ4n) is 2.84. The lowest BCUT2D eigenvalue weighted by molar-refractivity contribution is 0.0925. The van der Waals surface area contributed by atoms with Crippen molar-refractivity contribution in [1.82, 2.24) is 16.0 Å². The van der Waals surface area contributed by atoms with Crippen LogP contribution in [0.4, 0.5) is 0 Å². The van der Waals surface area contributed by atoms with Crippen molar-refractivity contribution >= 4 is 11.9 Å². The zero-order chi connectivity index (χ0) is 21.1. The highest BCUT2D eigenvalue weighted by Crippen LogP contribution is 2.19. The summed E-state index contributed by atoms with van der Waals surface area (Å²) in [6, 6.07) is 8.05. The van der Waals surface area contributed by atoms with Gasteiger partial charge in [0, 0.05) is 31.7 Å². The molecule has 29 heavy (non-hydrogen) atoms. The number of hydrogen-bond acceptors (Lipinski definition) is 4. The van der Waals surface area contributed by atoms with Gasteiger partial charge in [-0.3, -0.25) is 9.79 Å². The number of nitrogens with one attached hydrogen (secondary N) is 3. The van der Waals surface area contributed by atoms with Crippen molar-refractivity contribution in [3.8, 4) is 5.75 Å². The number of methoxy groups -OCH3 is 1. The Balaban J connectivity index is 1.73. The topological polar surface area (TPSA) is 87.9 Å². The third kappa shape index (κ3) is 7.18.